The van der Waals surface area contributed by atoms with Gasteiger partial charge < -0.3 is 0 Å². The van der Waals surface area contributed by atoms with Crippen molar-refractivity contribution in [3.8, 4) is 0 Å². The highest BCUT2D eigenvalue weighted by Gasteiger charge is 2.47. The molecule has 6 heteroatoms. The van der Waals surface area contributed by atoms with Crippen LogP contribution in [-0.4, -0.2) is 25.6 Å². The standard InChI is InChI=1S/C28H29FN4O/c1-18-13-21(29)8-9-24(18)27-26-14-19-5-4-6-20-15-23(34)10-11-28(20,16-22-7-2-3-12-30-22)25(19)17-33(26)32-31-27/h2-3,7-9,12,14,17-18,20H,4-6,10-11,13,15-16H2,1H3/t18?,20-,28+/m1/s1. The predicted octanol–water partition coefficient (Wildman–Crippen LogP) is 5.59. The topological polar surface area (TPSA) is 60.2 Å². The fourth-order valence-electron chi connectivity index (χ4n) is 6.53. The van der Waals surface area contributed by atoms with Crippen molar-refractivity contribution in [3.05, 3.63) is 77.2 Å². The molecule has 3 heterocycles. The maximum atomic E-state index is 13.8. The lowest BCUT2D eigenvalue weighted by molar-refractivity contribution is -0.123. The molecule has 3 aromatic heterocycles. The number of halogens is 1. The van der Waals surface area contributed by atoms with Gasteiger partial charge in [0.1, 0.15) is 17.3 Å². The number of carbonyl (C=O) groups is 1. The Hall–Kier alpha value is -3.15. The summed E-state index contributed by atoms with van der Waals surface area (Å²) in [5, 5.41) is 9.04. The van der Waals surface area contributed by atoms with Crippen LogP contribution >= 0.6 is 0 Å². The van der Waals surface area contributed by atoms with Crippen LogP contribution in [0, 0.1) is 11.8 Å². The number of hydrogen-bond acceptors (Lipinski definition) is 4. The van der Waals surface area contributed by atoms with Crippen LogP contribution in [0.4, 0.5) is 4.39 Å². The lowest BCUT2D eigenvalue weighted by Crippen LogP contribution is -2.43. The Balaban J connectivity index is 1.51. The normalized spacial score (nSPS) is 26.9. The number of allylic oxidation sites excluding steroid dienone is 4. The maximum absolute atomic E-state index is 13.8. The molecule has 1 fully saturated rings. The Labute approximate surface area is 198 Å². The quantitative estimate of drug-likeness (QED) is 0.516. The molecule has 5 nitrogen and oxygen atoms in total. The van der Waals surface area contributed by atoms with Gasteiger partial charge >= 0.3 is 0 Å². The van der Waals surface area contributed by atoms with Crippen molar-refractivity contribution in [3.63, 3.8) is 0 Å². The number of aromatic nitrogens is 4. The van der Waals surface area contributed by atoms with Crippen LogP contribution in [-0.2, 0) is 23.1 Å². The largest absolute Gasteiger partial charge is 0.300 e. The van der Waals surface area contributed by atoms with Crippen LogP contribution in [0.1, 0.15) is 68.0 Å². The minimum atomic E-state index is -0.127. The van der Waals surface area contributed by atoms with Gasteiger partial charge in [0, 0.05) is 42.8 Å². The van der Waals surface area contributed by atoms with Gasteiger partial charge in [-0.15, -0.1) is 5.10 Å². The zero-order valence-electron chi connectivity index (χ0n) is 19.5. The van der Waals surface area contributed by atoms with E-state index >= 15 is 0 Å². The SMILES string of the molecule is CC1CC(F)=CC=C1c1nnn2cc3c(cc12)CCC[C@@H]1CC(=O)CC[C@@]31Cc1ccccn1. The van der Waals surface area contributed by atoms with Crippen LogP contribution in [0.2, 0.25) is 0 Å². The molecule has 3 aliphatic carbocycles. The van der Waals surface area contributed by atoms with Crippen molar-refractivity contribution in [2.45, 2.75) is 63.7 Å². The molecule has 0 saturated heterocycles. The summed E-state index contributed by atoms with van der Waals surface area (Å²) in [6.45, 7) is 2.04. The second-order valence-electron chi connectivity index (χ2n) is 10.3. The summed E-state index contributed by atoms with van der Waals surface area (Å²) in [4.78, 5) is 17.2. The molecular formula is C28H29FN4O. The minimum absolute atomic E-state index is 0.0635. The van der Waals surface area contributed by atoms with E-state index in [4.69, 9.17) is 0 Å². The molecule has 34 heavy (non-hydrogen) atoms. The van der Waals surface area contributed by atoms with E-state index in [1.807, 2.05) is 35.8 Å². The summed E-state index contributed by atoms with van der Waals surface area (Å²) in [5.74, 6) is 0.670. The Kier molecular flexibility index (Phi) is 5.19. The molecule has 0 spiro atoms. The van der Waals surface area contributed by atoms with Gasteiger partial charge in [-0.3, -0.25) is 9.78 Å². The molecule has 0 N–H and O–H groups in total. The molecule has 3 atom stereocenters. The third-order valence-electron chi connectivity index (χ3n) is 8.25. The molecule has 0 radical (unpaired) electrons. The predicted molar refractivity (Wildman–Crippen MR) is 129 cm³/mol. The van der Waals surface area contributed by atoms with Gasteiger partial charge in [-0.2, -0.15) is 0 Å². The summed E-state index contributed by atoms with van der Waals surface area (Å²) < 4.78 is 15.7. The van der Waals surface area contributed by atoms with Crippen LogP contribution in [0.5, 0.6) is 0 Å². The van der Waals surface area contributed by atoms with E-state index in [2.05, 4.69) is 33.6 Å². The maximum Gasteiger partial charge on any atom is 0.133 e. The van der Waals surface area contributed by atoms with E-state index in [9.17, 15) is 9.18 Å². The Morgan fingerprint density at radius 3 is 2.94 bits per heavy atom. The molecule has 0 aromatic carbocycles. The highest BCUT2D eigenvalue weighted by atomic mass is 19.1. The molecular weight excluding hydrogens is 427 g/mol. The van der Waals surface area contributed by atoms with Gasteiger partial charge in [-0.25, -0.2) is 8.91 Å². The zero-order valence-corrected chi connectivity index (χ0v) is 19.5. The average molecular weight is 457 g/mol. The van der Waals surface area contributed by atoms with Crippen molar-refractivity contribution in [2.24, 2.45) is 11.8 Å². The minimum Gasteiger partial charge on any atom is -0.300 e. The Morgan fingerprint density at radius 1 is 1.21 bits per heavy atom. The number of hydrogen-bond donors (Lipinski definition) is 0. The van der Waals surface area contributed by atoms with Gasteiger partial charge in [0.15, 0.2) is 0 Å². The zero-order chi connectivity index (χ0) is 23.3. The first-order valence-corrected chi connectivity index (χ1v) is 12.4. The third kappa shape index (κ3) is 3.51. The molecule has 174 valence electrons. The van der Waals surface area contributed by atoms with E-state index < -0.39 is 0 Å². The second-order valence-corrected chi connectivity index (χ2v) is 10.3. The highest BCUT2D eigenvalue weighted by molar-refractivity contribution is 5.81. The number of carbonyl (C=O) groups excluding carboxylic acids is 1. The molecule has 0 amide bonds. The monoisotopic (exact) mass is 456 g/mol. The number of ketones is 1. The lowest BCUT2D eigenvalue weighted by Gasteiger charge is -2.44. The van der Waals surface area contributed by atoms with E-state index in [1.54, 1.807) is 6.08 Å². The number of rotatable bonds is 3. The number of aryl methyl sites for hydroxylation is 1. The first-order valence-electron chi connectivity index (χ1n) is 12.4. The summed E-state index contributed by atoms with van der Waals surface area (Å²) in [6.07, 6.45) is 13.9. The van der Waals surface area contributed by atoms with Crippen molar-refractivity contribution in [2.75, 3.05) is 0 Å². The van der Waals surface area contributed by atoms with Gasteiger partial charge in [0.2, 0.25) is 0 Å². The first-order chi connectivity index (χ1) is 16.5. The Morgan fingerprint density at radius 2 is 2.12 bits per heavy atom. The second kappa shape index (κ2) is 8.26. The number of nitrogens with zero attached hydrogens (tertiary/aromatic N) is 4. The van der Waals surface area contributed by atoms with Crippen LogP contribution in [0.15, 0.2) is 54.6 Å². The van der Waals surface area contributed by atoms with E-state index in [0.29, 0.717) is 31.0 Å². The lowest BCUT2D eigenvalue weighted by atomic mass is 9.59. The van der Waals surface area contributed by atoms with Crippen LogP contribution in [0.25, 0.3) is 11.1 Å². The van der Waals surface area contributed by atoms with Crippen molar-refractivity contribution >= 4 is 16.9 Å². The third-order valence-corrected chi connectivity index (χ3v) is 8.25. The smallest absolute Gasteiger partial charge is 0.133 e. The van der Waals surface area contributed by atoms with Gasteiger partial charge in [0.05, 0.1) is 5.52 Å². The van der Waals surface area contributed by atoms with Crippen LogP contribution < -0.4 is 0 Å². The number of Topliss-reactive ketones (excluding diaryl/α,β-unsaturated/α-hetero) is 1. The van der Waals surface area contributed by atoms with Gasteiger partial charge in [-0.1, -0.05) is 24.3 Å². The molecule has 1 unspecified atom stereocenters. The molecule has 0 bridgehead atoms. The number of fused-ring (bicyclic) bond motifs is 4. The molecule has 0 aliphatic heterocycles. The summed E-state index contributed by atoms with van der Waals surface area (Å²) in [7, 11) is 0. The molecule has 6 rings (SSSR count). The van der Waals surface area contributed by atoms with Crippen molar-refractivity contribution in [1.82, 2.24) is 19.8 Å². The summed E-state index contributed by atoms with van der Waals surface area (Å²) >= 11 is 0. The number of pyridine rings is 2. The molecule has 3 aromatic rings. The average Bonchev–Trinajstić information content (AvgIpc) is 3.17. The molecule has 3 aliphatic rings. The van der Waals surface area contributed by atoms with E-state index in [0.717, 1.165) is 54.6 Å². The Bertz CT molecular complexity index is 1320. The van der Waals surface area contributed by atoms with E-state index in [1.165, 1.54) is 11.1 Å². The summed E-state index contributed by atoms with van der Waals surface area (Å²) in [6, 6.07) is 8.35. The van der Waals surface area contributed by atoms with E-state index in [-0.39, 0.29) is 17.2 Å². The van der Waals surface area contributed by atoms with Gasteiger partial charge in [-0.05, 0) is 84.9 Å². The summed E-state index contributed by atoms with van der Waals surface area (Å²) in [5.41, 5.74) is 6.43. The van der Waals surface area contributed by atoms with Crippen molar-refractivity contribution < 1.29 is 9.18 Å². The van der Waals surface area contributed by atoms with Gasteiger partial charge in [0.25, 0.3) is 0 Å². The van der Waals surface area contributed by atoms with Crippen molar-refractivity contribution in [1.29, 1.82) is 0 Å². The molecule has 1 saturated carbocycles. The highest BCUT2D eigenvalue weighted by Crippen LogP contribution is 2.50. The van der Waals surface area contributed by atoms with Crippen LogP contribution in [0.3, 0.4) is 0 Å². The fraction of sp³-hybridized carbons (Fsp3) is 0.429. The first kappa shape index (κ1) is 21.4. The fourth-order valence-corrected chi connectivity index (χ4v) is 6.53.